The number of rotatable bonds is 0. The van der Waals surface area contributed by atoms with Gasteiger partial charge in [0.05, 0.1) is 5.54 Å². The lowest BCUT2D eigenvalue weighted by Gasteiger charge is -2.45. The molecule has 0 bridgehead atoms. The van der Waals surface area contributed by atoms with Gasteiger partial charge in [0.25, 0.3) is 0 Å². The number of nitrogens with zero attached hydrogens (tertiary/aromatic N) is 2. The second-order valence-corrected chi connectivity index (χ2v) is 7.29. The lowest BCUT2D eigenvalue weighted by molar-refractivity contribution is -0.191. The first-order valence-electron chi connectivity index (χ1n) is 7.81. The Kier molecular flexibility index (Phi) is 4.56. The van der Waals surface area contributed by atoms with Gasteiger partial charge >= 0.3 is 18.2 Å². The highest BCUT2D eigenvalue weighted by Gasteiger charge is 2.54. The molecule has 0 N–H and O–H groups in total. The van der Waals surface area contributed by atoms with E-state index in [0.29, 0.717) is 32.2 Å². The summed E-state index contributed by atoms with van der Waals surface area (Å²) in [5.74, 6) is -1.80. The highest BCUT2D eigenvalue weighted by atomic mass is 19.4. The first kappa shape index (κ1) is 17.9. The lowest BCUT2D eigenvalue weighted by atomic mass is 9.86. The number of alkyl halides is 3. The van der Waals surface area contributed by atoms with Crippen LogP contribution in [0.2, 0.25) is 0 Å². The zero-order chi connectivity index (χ0) is 17.5. The summed E-state index contributed by atoms with van der Waals surface area (Å²) in [7, 11) is 0. The summed E-state index contributed by atoms with van der Waals surface area (Å²) in [4.78, 5) is 26.3. The van der Waals surface area contributed by atoms with Gasteiger partial charge < -0.3 is 14.5 Å². The molecule has 2 heterocycles. The standard InChI is InChI=1S/C15H23F3N2O3/c1-13(2,3)23-12(22)19-8-4-6-14(10-19)7-5-9-20(14)11(21)15(16,17)18/h4-10H2,1-3H3. The number of carbonyl (C=O) groups is 2. The predicted octanol–water partition coefficient (Wildman–Crippen LogP) is 2.94. The van der Waals surface area contributed by atoms with Crippen LogP contribution in [0.4, 0.5) is 18.0 Å². The Morgan fingerprint density at radius 3 is 2.13 bits per heavy atom. The van der Waals surface area contributed by atoms with Crippen LogP contribution in [-0.2, 0) is 9.53 Å². The minimum absolute atomic E-state index is 0.0838. The third kappa shape index (κ3) is 3.90. The second-order valence-electron chi connectivity index (χ2n) is 7.29. The number of hydrogen-bond acceptors (Lipinski definition) is 3. The molecule has 0 aliphatic carbocycles. The Labute approximate surface area is 133 Å². The topological polar surface area (TPSA) is 49.9 Å². The molecule has 2 aliphatic heterocycles. The largest absolute Gasteiger partial charge is 0.471 e. The van der Waals surface area contributed by atoms with Crippen LogP contribution in [0.1, 0.15) is 46.5 Å². The van der Waals surface area contributed by atoms with Crippen molar-refractivity contribution in [2.75, 3.05) is 19.6 Å². The van der Waals surface area contributed by atoms with E-state index in [2.05, 4.69) is 0 Å². The molecule has 0 aromatic heterocycles. The summed E-state index contributed by atoms with van der Waals surface area (Å²) in [5.41, 5.74) is -1.58. The van der Waals surface area contributed by atoms with Gasteiger partial charge in [0.15, 0.2) is 0 Å². The Hall–Kier alpha value is -1.47. The van der Waals surface area contributed by atoms with Gasteiger partial charge in [0.1, 0.15) is 5.60 Å². The van der Waals surface area contributed by atoms with Crippen molar-refractivity contribution in [1.82, 2.24) is 9.80 Å². The third-order valence-electron chi connectivity index (χ3n) is 4.29. The first-order valence-corrected chi connectivity index (χ1v) is 7.81. The highest BCUT2D eigenvalue weighted by Crippen LogP contribution is 2.39. The van der Waals surface area contributed by atoms with Gasteiger partial charge in [-0.2, -0.15) is 13.2 Å². The summed E-state index contributed by atoms with van der Waals surface area (Å²) in [6.07, 6.45) is -3.39. The van der Waals surface area contributed by atoms with Crippen molar-refractivity contribution in [3.05, 3.63) is 0 Å². The minimum atomic E-state index is -4.88. The molecule has 2 amide bonds. The monoisotopic (exact) mass is 336 g/mol. The number of halogens is 3. The Morgan fingerprint density at radius 1 is 1.04 bits per heavy atom. The molecule has 0 radical (unpaired) electrons. The van der Waals surface area contributed by atoms with Crippen LogP contribution >= 0.6 is 0 Å². The third-order valence-corrected chi connectivity index (χ3v) is 4.29. The lowest BCUT2D eigenvalue weighted by Crippen LogP contribution is -2.60. The molecule has 1 atom stereocenters. The van der Waals surface area contributed by atoms with Gasteiger partial charge in [-0.05, 0) is 46.5 Å². The molecular formula is C15H23F3N2O3. The van der Waals surface area contributed by atoms with Crippen molar-refractivity contribution in [3.63, 3.8) is 0 Å². The molecule has 8 heteroatoms. The average molecular weight is 336 g/mol. The summed E-state index contributed by atoms with van der Waals surface area (Å²) in [6, 6.07) is 0. The smallest absolute Gasteiger partial charge is 0.444 e. The molecular weight excluding hydrogens is 313 g/mol. The molecule has 0 aromatic rings. The van der Waals surface area contributed by atoms with E-state index in [4.69, 9.17) is 4.74 Å². The van der Waals surface area contributed by atoms with E-state index < -0.39 is 29.3 Å². The van der Waals surface area contributed by atoms with E-state index in [-0.39, 0.29) is 13.1 Å². The van der Waals surface area contributed by atoms with E-state index >= 15 is 0 Å². The van der Waals surface area contributed by atoms with Gasteiger partial charge in [0.2, 0.25) is 0 Å². The number of hydrogen-bond donors (Lipinski definition) is 0. The van der Waals surface area contributed by atoms with Gasteiger partial charge in [-0.1, -0.05) is 0 Å². The van der Waals surface area contributed by atoms with Gasteiger partial charge in [-0.15, -0.1) is 0 Å². The van der Waals surface area contributed by atoms with Crippen molar-refractivity contribution < 1.29 is 27.5 Å². The fourth-order valence-corrected chi connectivity index (χ4v) is 3.43. The van der Waals surface area contributed by atoms with Crippen LogP contribution in [-0.4, -0.2) is 58.8 Å². The van der Waals surface area contributed by atoms with E-state index in [1.165, 1.54) is 4.90 Å². The van der Waals surface area contributed by atoms with Crippen LogP contribution < -0.4 is 0 Å². The average Bonchev–Trinajstić information content (AvgIpc) is 2.77. The number of amides is 2. The van der Waals surface area contributed by atoms with E-state index in [9.17, 15) is 22.8 Å². The van der Waals surface area contributed by atoms with Crippen LogP contribution in [0, 0.1) is 0 Å². The first-order chi connectivity index (χ1) is 10.4. The summed E-state index contributed by atoms with van der Waals surface area (Å²) >= 11 is 0. The van der Waals surface area contributed by atoms with Crippen LogP contribution in [0.5, 0.6) is 0 Å². The Bertz CT molecular complexity index is 487. The maximum Gasteiger partial charge on any atom is 0.471 e. The van der Waals surface area contributed by atoms with Crippen molar-refractivity contribution in [2.24, 2.45) is 0 Å². The van der Waals surface area contributed by atoms with Crippen molar-refractivity contribution in [3.8, 4) is 0 Å². The summed E-state index contributed by atoms with van der Waals surface area (Å²) in [5, 5.41) is 0. The molecule has 2 aliphatic rings. The quantitative estimate of drug-likeness (QED) is 0.683. The molecule has 2 saturated heterocycles. The molecule has 2 rings (SSSR count). The molecule has 0 aromatic carbocycles. The molecule has 1 unspecified atom stereocenters. The van der Waals surface area contributed by atoms with Crippen molar-refractivity contribution in [1.29, 1.82) is 0 Å². The number of carbonyl (C=O) groups excluding carboxylic acids is 2. The predicted molar refractivity (Wildman–Crippen MR) is 76.8 cm³/mol. The molecule has 23 heavy (non-hydrogen) atoms. The molecule has 132 valence electrons. The molecule has 2 fully saturated rings. The Morgan fingerprint density at radius 2 is 1.61 bits per heavy atom. The highest BCUT2D eigenvalue weighted by molar-refractivity contribution is 5.83. The number of piperidine rings is 1. The van der Waals surface area contributed by atoms with Gasteiger partial charge in [-0.3, -0.25) is 4.79 Å². The van der Waals surface area contributed by atoms with E-state index in [1.807, 2.05) is 0 Å². The van der Waals surface area contributed by atoms with Crippen molar-refractivity contribution in [2.45, 2.75) is 63.8 Å². The number of ether oxygens (including phenoxy) is 1. The molecule has 5 nitrogen and oxygen atoms in total. The fourth-order valence-electron chi connectivity index (χ4n) is 3.43. The summed E-state index contributed by atoms with van der Waals surface area (Å²) in [6.45, 7) is 5.83. The SMILES string of the molecule is CC(C)(C)OC(=O)N1CCCC2(CCCN2C(=O)C(F)(F)F)C1. The Balaban J connectivity index is 2.15. The van der Waals surface area contributed by atoms with Gasteiger partial charge in [0, 0.05) is 19.6 Å². The maximum absolute atomic E-state index is 12.8. The fraction of sp³-hybridized carbons (Fsp3) is 0.867. The normalized spacial score (nSPS) is 25.8. The van der Waals surface area contributed by atoms with Crippen LogP contribution in [0.25, 0.3) is 0 Å². The van der Waals surface area contributed by atoms with Gasteiger partial charge in [-0.25, -0.2) is 4.79 Å². The zero-order valence-corrected chi connectivity index (χ0v) is 13.7. The molecule has 0 saturated carbocycles. The van der Waals surface area contributed by atoms with Crippen LogP contribution in [0.15, 0.2) is 0 Å². The minimum Gasteiger partial charge on any atom is -0.444 e. The van der Waals surface area contributed by atoms with Crippen molar-refractivity contribution >= 4 is 12.0 Å². The van der Waals surface area contributed by atoms with Crippen LogP contribution in [0.3, 0.4) is 0 Å². The van der Waals surface area contributed by atoms with E-state index in [1.54, 1.807) is 20.8 Å². The maximum atomic E-state index is 12.8. The second kappa shape index (κ2) is 5.87. The van der Waals surface area contributed by atoms with E-state index in [0.717, 1.165) is 4.90 Å². The number of likely N-dealkylation sites (tertiary alicyclic amines) is 2. The zero-order valence-electron chi connectivity index (χ0n) is 13.7. The molecule has 1 spiro atoms. The summed E-state index contributed by atoms with van der Waals surface area (Å²) < 4.78 is 43.8.